The molecule has 0 aliphatic carbocycles. The molecule has 0 spiro atoms. The average molecular weight is 351 g/mol. The van der Waals surface area contributed by atoms with Crippen molar-refractivity contribution in [1.82, 2.24) is 0 Å². The Labute approximate surface area is 142 Å². The van der Waals surface area contributed by atoms with Gasteiger partial charge in [0.15, 0.2) is 0 Å². The van der Waals surface area contributed by atoms with Crippen LogP contribution in [0.5, 0.6) is 5.75 Å². The number of benzene rings is 2. The molecule has 0 atom stereocenters. The van der Waals surface area contributed by atoms with Gasteiger partial charge in [-0.2, -0.15) is 0 Å². The predicted octanol–water partition coefficient (Wildman–Crippen LogP) is 3.79. The van der Waals surface area contributed by atoms with Gasteiger partial charge >= 0.3 is 0 Å². The molecule has 2 aromatic carbocycles. The minimum atomic E-state index is -3.44. The Kier molecular flexibility index (Phi) is 6.36. The average Bonchev–Trinajstić information content (AvgIpc) is 2.55. The highest BCUT2D eigenvalue weighted by Crippen LogP contribution is 2.25. The summed E-state index contributed by atoms with van der Waals surface area (Å²) in [5, 5.41) is 0. The number of aryl methyl sites for hydroxylation is 1. The number of hydrogen-bond acceptors (Lipinski definition) is 4. The van der Waals surface area contributed by atoms with E-state index >= 15 is 0 Å². The van der Waals surface area contributed by atoms with Gasteiger partial charge in [-0.05, 0) is 42.5 Å². The molecule has 124 valence electrons. The maximum atomic E-state index is 12.2. The maximum Gasteiger partial charge on any atom is 0.236 e. The molecule has 0 unspecified atom stereocenters. The highest BCUT2D eigenvalue weighted by atomic mass is 32.2. The van der Waals surface area contributed by atoms with Crippen LogP contribution >= 0.6 is 11.8 Å². The maximum absolute atomic E-state index is 12.2. The van der Waals surface area contributed by atoms with Gasteiger partial charge in [0.05, 0.1) is 5.69 Å². The number of thioether (sulfide) groups is 1. The molecule has 0 radical (unpaired) electrons. The van der Waals surface area contributed by atoms with E-state index in [1.54, 1.807) is 6.07 Å². The van der Waals surface area contributed by atoms with E-state index < -0.39 is 10.0 Å². The highest BCUT2D eigenvalue weighted by molar-refractivity contribution is 7.99. The quantitative estimate of drug-likeness (QED) is 0.735. The summed E-state index contributed by atoms with van der Waals surface area (Å²) in [5.74, 6) is 0.590. The minimum absolute atomic E-state index is 0.0920. The van der Waals surface area contributed by atoms with E-state index in [2.05, 4.69) is 11.6 Å². The Bertz CT molecular complexity index is 728. The van der Waals surface area contributed by atoms with E-state index in [0.29, 0.717) is 11.4 Å². The monoisotopic (exact) mass is 351 g/mol. The molecule has 0 heterocycles. The number of ether oxygens (including phenoxy) is 1. The SMILES string of the molecule is CCc1ccc(OCCS(=O)(=O)Nc2ccccc2SC)cc1. The minimum Gasteiger partial charge on any atom is -0.492 e. The molecule has 1 N–H and O–H groups in total. The van der Waals surface area contributed by atoms with E-state index in [-0.39, 0.29) is 12.4 Å². The third-order valence-corrected chi connectivity index (χ3v) is 5.36. The number of nitrogens with one attached hydrogen (secondary N) is 1. The first-order valence-electron chi connectivity index (χ1n) is 7.39. The Morgan fingerprint density at radius 3 is 2.43 bits per heavy atom. The van der Waals surface area contributed by atoms with Crippen LogP contribution in [0.4, 0.5) is 5.69 Å². The molecule has 2 aromatic rings. The van der Waals surface area contributed by atoms with E-state index in [9.17, 15) is 8.42 Å². The summed E-state index contributed by atoms with van der Waals surface area (Å²) in [6.45, 7) is 2.20. The van der Waals surface area contributed by atoms with Crippen LogP contribution in [0.2, 0.25) is 0 Å². The standard InChI is InChI=1S/C17H21NO3S2/c1-3-14-8-10-15(11-9-14)21-12-13-23(19,20)18-16-6-4-5-7-17(16)22-2/h4-11,18H,3,12-13H2,1-2H3. The summed E-state index contributed by atoms with van der Waals surface area (Å²) < 4.78 is 32.4. The van der Waals surface area contributed by atoms with Crippen LogP contribution in [0.3, 0.4) is 0 Å². The van der Waals surface area contributed by atoms with Crippen molar-refractivity contribution >= 4 is 27.5 Å². The van der Waals surface area contributed by atoms with Gasteiger partial charge in [-0.25, -0.2) is 8.42 Å². The lowest BCUT2D eigenvalue weighted by Crippen LogP contribution is -2.21. The van der Waals surface area contributed by atoms with Crippen LogP contribution in [-0.4, -0.2) is 27.0 Å². The largest absolute Gasteiger partial charge is 0.492 e. The first-order chi connectivity index (χ1) is 11.0. The molecule has 0 bridgehead atoms. The van der Waals surface area contributed by atoms with Crippen molar-refractivity contribution in [3.05, 3.63) is 54.1 Å². The lowest BCUT2D eigenvalue weighted by molar-refractivity contribution is 0.341. The lowest BCUT2D eigenvalue weighted by atomic mass is 10.2. The van der Waals surface area contributed by atoms with Crippen LogP contribution in [-0.2, 0) is 16.4 Å². The van der Waals surface area contributed by atoms with Crippen molar-refractivity contribution in [3.63, 3.8) is 0 Å². The molecule has 2 rings (SSSR count). The predicted molar refractivity (Wildman–Crippen MR) is 96.9 cm³/mol. The number of sulfonamides is 1. The fraction of sp³-hybridized carbons (Fsp3) is 0.294. The molecular formula is C17H21NO3S2. The van der Waals surface area contributed by atoms with Crippen molar-refractivity contribution < 1.29 is 13.2 Å². The summed E-state index contributed by atoms with van der Waals surface area (Å²) in [6.07, 6.45) is 2.88. The number of hydrogen-bond donors (Lipinski definition) is 1. The van der Waals surface area contributed by atoms with E-state index in [0.717, 1.165) is 11.3 Å². The molecule has 0 aromatic heterocycles. The fourth-order valence-corrected chi connectivity index (χ4v) is 3.57. The van der Waals surface area contributed by atoms with E-state index in [4.69, 9.17) is 4.74 Å². The summed E-state index contributed by atoms with van der Waals surface area (Å²) >= 11 is 1.50. The normalized spacial score (nSPS) is 11.2. The molecule has 4 nitrogen and oxygen atoms in total. The van der Waals surface area contributed by atoms with Crippen molar-refractivity contribution in [2.45, 2.75) is 18.2 Å². The number of para-hydroxylation sites is 1. The smallest absolute Gasteiger partial charge is 0.236 e. The van der Waals surface area contributed by atoms with Crippen LogP contribution in [0.1, 0.15) is 12.5 Å². The Balaban J connectivity index is 1.90. The zero-order chi connectivity index (χ0) is 16.7. The van der Waals surface area contributed by atoms with Crippen molar-refractivity contribution in [1.29, 1.82) is 0 Å². The van der Waals surface area contributed by atoms with Gasteiger partial charge < -0.3 is 4.74 Å². The first kappa shape index (κ1) is 17.7. The molecule has 0 aliphatic rings. The lowest BCUT2D eigenvalue weighted by Gasteiger charge is -2.12. The fourth-order valence-electron chi connectivity index (χ4n) is 2.04. The third-order valence-electron chi connectivity index (χ3n) is 3.32. The van der Waals surface area contributed by atoms with Crippen molar-refractivity contribution in [3.8, 4) is 5.75 Å². The Morgan fingerprint density at radius 1 is 1.09 bits per heavy atom. The Morgan fingerprint density at radius 2 is 1.78 bits per heavy atom. The second-order valence-electron chi connectivity index (χ2n) is 4.97. The second kappa shape index (κ2) is 8.26. The molecule has 0 aliphatic heterocycles. The van der Waals surface area contributed by atoms with Gasteiger partial charge in [0.1, 0.15) is 18.1 Å². The highest BCUT2D eigenvalue weighted by Gasteiger charge is 2.13. The topological polar surface area (TPSA) is 55.4 Å². The first-order valence-corrected chi connectivity index (χ1v) is 10.3. The summed E-state index contributed by atoms with van der Waals surface area (Å²) in [4.78, 5) is 0.896. The molecule has 23 heavy (non-hydrogen) atoms. The van der Waals surface area contributed by atoms with Gasteiger partial charge in [-0.1, -0.05) is 31.2 Å². The van der Waals surface area contributed by atoms with Crippen molar-refractivity contribution in [2.75, 3.05) is 23.3 Å². The van der Waals surface area contributed by atoms with Gasteiger partial charge in [-0.15, -0.1) is 11.8 Å². The molecule has 6 heteroatoms. The number of rotatable bonds is 8. The van der Waals surface area contributed by atoms with Gasteiger partial charge in [0, 0.05) is 4.90 Å². The Hall–Kier alpha value is -1.66. The van der Waals surface area contributed by atoms with Gasteiger partial charge in [0.25, 0.3) is 0 Å². The summed E-state index contributed by atoms with van der Waals surface area (Å²) in [7, 11) is -3.44. The molecule has 0 fully saturated rings. The summed E-state index contributed by atoms with van der Waals surface area (Å²) in [6, 6.07) is 15.0. The van der Waals surface area contributed by atoms with Gasteiger partial charge in [-0.3, -0.25) is 4.72 Å². The number of anilines is 1. The van der Waals surface area contributed by atoms with Crippen LogP contribution in [0, 0.1) is 0 Å². The molecule has 0 saturated heterocycles. The summed E-state index contributed by atoms with van der Waals surface area (Å²) in [5.41, 5.74) is 1.83. The molecule has 0 amide bonds. The molecule has 0 saturated carbocycles. The van der Waals surface area contributed by atoms with Gasteiger partial charge in [0.2, 0.25) is 10.0 Å². The van der Waals surface area contributed by atoms with Crippen LogP contribution in [0.25, 0.3) is 0 Å². The van der Waals surface area contributed by atoms with Crippen LogP contribution < -0.4 is 9.46 Å². The molecular weight excluding hydrogens is 330 g/mol. The van der Waals surface area contributed by atoms with E-state index in [1.165, 1.54) is 17.3 Å². The van der Waals surface area contributed by atoms with Crippen molar-refractivity contribution in [2.24, 2.45) is 0 Å². The van der Waals surface area contributed by atoms with Crippen LogP contribution in [0.15, 0.2) is 53.4 Å². The van der Waals surface area contributed by atoms with E-state index in [1.807, 2.05) is 48.7 Å². The zero-order valence-electron chi connectivity index (χ0n) is 13.3. The second-order valence-corrected chi connectivity index (χ2v) is 7.66. The zero-order valence-corrected chi connectivity index (χ0v) is 14.9. The third kappa shape index (κ3) is 5.48.